The molecule has 0 atom stereocenters. The molecule has 0 saturated carbocycles. The zero-order chi connectivity index (χ0) is 14.0. The molecule has 1 fully saturated rings. The average molecular weight is 276 g/mol. The summed E-state index contributed by atoms with van der Waals surface area (Å²) in [7, 11) is 3.44. The summed E-state index contributed by atoms with van der Waals surface area (Å²) in [6, 6.07) is 7.54. The molecule has 0 N–H and O–H groups in total. The van der Waals surface area contributed by atoms with Gasteiger partial charge >= 0.3 is 0 Å². The van der Waals surface area contributed by atoms with Crippen LogP contribution in [-0.4, -0.2) is 41.5 Å². The summed E-state index contributed by atoms with van der Waals surface area (Å²) < 4.78 is 5.11. The van der Waals surface area contributed by atoms with Gasteiger partial charge in [-0.25, -0.2) is 0 Å². The molecule has 100 valence electrons. The van der Waals surface area contributed by atoms with Crippen LogP contribution in [0.3, 0.4) is 0 Å². The molecule has 1 aliphatic rings. The molecule has 0 bridgehead atoms. The number of amides is 1. The highest BCUT2D eigenvalue weighted by atomic mass is 32.1. The van der Waals surface area contributed by atoms with Crippen LogP contribution in [0.1, 0.15) is 12.5 Å². The number of benzene rings is 1. The van der Waals surface area contributed by atoms with E-state index in [2.05, 4.69) is 0 Å². The summed E-state index contributed by atoms with van der Waals surface area (Å²) in [5, 5.41) is 0.548. The summed E-state index contributed by atoms with van der Waals surface area (Å²) in [6.45, 7) is 2.50. The highest BCUT2D eigenvalue weighted by molar-refractivity contribution is 7.80. The fourth-order valence-electron chi connectivity index (χ4n) is 1.95. The number of ether oxygens (including phenoxy) is 1. The standard InChI is InChI=1S/C14H16N2O2S/c1-4-16-13(17)12(15(2)14(16)19)9-10-5-7-11(18-3)8-6-10/h5-9H,4H2,1-3H3/b12-9+. The second-order valence-corrected chi connectivity index (χ2v) is 4.56. The molecule has 0 spiro atoms. The number of thiocarbonyl (C=S) groups is 1. The van der Waals surface area contributed by atoms with Crippen LogP contribution in [0.25, 0.3) is 6.08 Å². The van der Waals surface area contributed by atoms with Crippen molar-refractivity contribution >= 4 is 29.3 Å². The van der Waals surface area contributed by atoms with Gasteiger partial charge in [-0.3, -0.25) is 9.69 Å². The fraction of sp³-hybridized carbons (Fsp3) is 0.286. The number of rotatable bonds is 3. The second kappa shape index (κ2) is 5.40. The van der Waals surface area contributed by atoms with Crippen LogP contribution in [0.5, 0.6) is 5.75 Å². The lowest BCUT2D eigenvalue weighted by atomic mass is 10.2. The van der Waals surface area contributed by atoms with Crippen LogP contribution in [-0.2, 0) is 4.79 Å². The van der Waals surface area contributed by atoms with Gasteiger partial charge in [0.1, 0.15) is 11.4 Å². The lowest BCUT2D eigenvalue weighted by molar-refractivity contribution is -0.122. The van der Waals surface area contributed by atoms with Crippen LogP contribution in [0, 0.1) is 0 Å². The summed E-state index contributed by atoms with van der Waals surface area (Å²) in [5.74, 6) is 0.741. The Morgan fingerprint density at radius 3 is 2.42 bits per heavy atom. The molecule has 1 saturated heterocycles. The van der Waals surface area contributed by atoms with E-state index in [0.717, 1.165) is 11.3 Å². The van der Waals surface area contributed by atoms with E-state index >= 15 is 0 Å². The van der Waals surface area contributed by atoms with Crippen molar-refractivity contribution in [1.82, 2.24) is 9.80 Å². The summed E-state index contributed by atoms with van der Waals surface area (Å²) in [4.78, 5) is 15.5. The zero-order valence-corrected chi connectivity index (χ0v) is 12.0. The third kappa shape index (κ3) is 2.46. The van der Waals surface area contributed by atoms with Crippen LogP contribution in [0.15, 0.2) is 30.0 Å². The molecule has 5 heteroatoms. The van der Waals surface area contributed by atoms with E-state index < -0.39 is 0 Å². The minimum atomic E-state index is -0.0502. The highest BCUT2D eigenvalue weighted by Gasteiger charge is 2.34. The molecule has 4 nitrogen and oxygen atoms in total. The Labute approximate surface area is 118 Å². The number of carbonyl (C=O) groups is 1. The number of nitrogens with zero attached hydrogens (tertiary/aromatic N) is 2. The topological polar surface area (TPSA) is 32.8 Å². The maximum absolute atomic E-state index is 12.2. The van der Waals surface area contributed by atoms with Gasteiger partial charge < -0.3 is 9.64 Å². The van der Waals surface area contributed by atoms with Gasteiger partial charge in [0.15, 0.2) is 5.11 Å². The van der Waals surface area contributed by atoms with E-state index in [1.54, 1.807) is 16.9 Å². The van der Waals surface area contributed by atoms with E-state index in [1.807, 2.05) is 44.3 Å². The molecular formula is C14H16N2O2S. The fourth-order valence-corrected chi connectivity index (χ4v) is 2.26. The quantitative estimate of drug-likeness (QED) is 0.625. The average Bonchev–Trinajstić information content (AvgIpc) is 2.63. The molecule has 0 unspecified atom stereocenters. The minimum Gasteiger partial charge on any atom is -0.497 e. The summed E-state index contributed by atoms with van der Waals surface area (Å²) in [5.41, 5.74) is 1.54. The molecular weight excluding hydrogens is 260 g/mol. The van der Waals surface area contributed by atoms with Crippen molar-refractivity contribution in [3.63, 3.8) is 0 Å². The van der Waals surface area contributed by atoms with Crippen molar-refractivity contribution in [3.8, 4) is 5.75 Å². The molecule has 0 aromatic heterocycles. The smallest absolute Gasteiger partial charge is 0.276 e. The largest absolute Gasteiger partial charge is 0.497 e. The first-order valence-corrected chi connectivity index (χ1v) is 6.44. The van der Waals surface area contributed by atoms with Gasteiger partial charge in [0.25, 0.3) is 5.91 Å². The first kappa shape index (κ1) is 13.5. The molecule has 0 radical (unpaired) electrons. The number of likely N-dealkylation sites (N-methyl/N-ethyl adjacent to an activating group) is 2. The van der Waals surface area contributed by atoms with Crippen molar-refractivity contribution in [2.45, 2.75) is 6.92 Å². The van der Waals surface area contributed by atoms with E-state index in [4.69, 9.17) is 17.0 Å². The van der Waals surface area contributed by atoms with Crippen LogP contribution in [0.2, 0.25) is 0 Å². The Morgan fingerprint density at radius 2 is 1.95 bits per heavy atom. The lowest BCUT2D eigenvalue weighted by Gasteiger charge is -2.13. The predicted molar refractivity (Wildman–Crippen MR) is 78.7 cm³/mol. The van der Waals surface area contributed by atoms with Crippen molar-refractivity contribution in [1.29, 1.82) is 0 Å². The van der Waals surface area contributed by atoms with Gasteiger partial charge in [-0.2, -0.15) is 0 Å². The molecule has 19 heavy (non-hydrogen) atoms. The monoisotopic (exact) mass is 276 g/mol. The Kier molecular flexibility index (Phi) is 3.85. The molecule has 1 aromatic carbocycles. The minimum absolute atomic E-state index is 0.0502. The number of hydrogen-bond donors (Lipinski definition) is 0. The van der Waals surface area contributed by atoms with Gasteiger partial charge in [0, 0.05) is 13.6 Å². The number of hydrogen-bond acceptors (Lipinski definition) is 3. The second-order valence-electron chi connectivity index (χ2n) is 4.19. The van der Waals surface area contributed by atoms with Gasteiger partial charge in [0.05, 0.1) is 7.11 Å². The molecule has 2 rings (SSSR count). The SMILES string of the molecule is CCN1C(=O)/C(=C\c2ccc(OC)cc2)N(C)C1=S. The van der Waals surface area contributed by atoms with Gasteiger partial charge in [-0.05, 0) is 42.9 Å². The van der Waals surface area contributed by atoms with Crippen molar-refractivity contribution in [2.24, 2.45) is 0 Å². The molecule has 1 amide bonds. The van der Waals surface area contributed by atoms with Gasteiger partial charge in [-0.1, -0.05) is 12.1 Å². The lowest BCUT2D eigenvalue weighted by Crippen LogP contribution is -2.30. The Bertz CT molecular complexity index is 537. The zero-order valence-electron chi connectivity index (χ0n) is 11.2. The maximum Gasteiger partial charge on any atom is 0.276 e. The van der Waals surface area contributed by atoms with Crippen LogP contribution >= 0.6 is 12.2 Å². The molecule has 1 aliphatic heterocycles. The van der Waals surface area contributed by atoms with Gasteiger partial charge in [-0.15, -0.1) is 0 Å². The van der Waals surface area contributed by atoms with Crippen molar-refractivity contribution in [2.75, 3.05) is 20.7 Å². The van der Waals surface area contributed by atoms with E-state index in [-0.39, 0.29) is 5.91 Å². The third-order valence-electron chi connectivity index (χ3n) is 3.08. The van der Waals surface area contributed by atoms with E-state index in [0.29, 0.717) is 17.4 Å². The Hall–Kier alpha value is -1.88. The van der Waals surface area contributed by atoms with Gasteiger partial charge in [0.2, 0.25) is 0 Å². The van der Waals surface area contributed by atoms with E-state index in [1.165, 1.54) is 0 Å². The normalized spacial score (nSPS) is 17.5. The first-order valence-electron chi connectivity index (χ1n) is 6.03. The third-order valence-corrected chi connectivity index (χ3v) is 3.57. The molecule has 0 aliphatic carbocycles. The maximum atomic E-state index is 12.2. The summed E-state index contributed by atoms with van der Waals surface area (Å²) in [6.07, 6.45) is 1.84. The van der Waals surface area contributed by atoms with Crippen LogP contribution in [0.4, 0.5) is 0 Å². The predicted octanol–water partition coefficient (Wildman–Crippen LogP) is 2.11. The van der Waals surface area contributed by atoms with Crippen molar-refractivity contribution in [3.05, 3.63) is 35.5 Å². The number of methoxy groups -OCH3 is 1. The van der Waals surface area contributed by atoms with Crippen molar-refractivity contribution < 1.29 is 9.53 Å². The molecule has 1 heterocycles. The number of carbonyl (C=O) groups excluding carboxylic acids is 1. The highest BCUT2D eigenvalue weighted by Crippen LogP contribution is 2.22. The Balaban J connectivity index is 2.32. The Morgan fingerprint density at radius 1 is 1.32 bits per heavy atom. The van der Waals surface area contributed by atoms with Crippen LogP contribution < -0.4 is 4.74 Å². The first-order chi connectivity index (χ1) is 9.08. The molecule has 1 aromatic rings. The summed E-state index contributed by atoms with van der Waals surface area (Å²) >= 11 is 5.24. The van der Waals surface area contributed by atoms with E-state index in [9.17, 15) is 4.79 Å².